The third-order valence-electron chi connectivity index (χ3n) is 3.12. The minimum Gasteiger partial charge on any atom is -0.496 e. The number of rotatable bonds is 5. The molecule has 0 aliphatic rings. The largest absolute Gasteiger partial charge is 0.496 e. The topological polar surface area (TPSA) is 47.6 Å². The van der Waals surface area contributed by atoms with Crippen LogP contribution in [0.3, 0.4) is 0 Å². The first-order chi connectivity index (χ1) is 8.51. The van der Waals surface area contributed by atoms with Crippen molar-refractivity contribution in [3.05, 3.63) is 28.3 Å². The van der Waals surface area contributed by atoms with Crippen molar-refractivity contribution in [3.8, 4) is 5.75 Å². The number of ether oxygens (including phenoxy) is 2. The fraction of sp³-hybridized carbons (Fsp3) is 0.500. The van der Waals surface area contributed by atoms with Gasteiger partial charge in [-0.1, -0.05) is 6.07 Å². The van der Waals surface area contributed by atoms with E-state index in [4.69, 9.17) is 4.74 Å². The molecule has 18 heavy (non-hydrogen) atoms. The molecule has 0 fully saturated rings. The van der Waals surface area contributed by atoms with Gasteiger partial charge >= 0.3 is 5.97 Å². The lowest BCUT2D eigenvalue weighted by Gasteiger charge is -2.16. The molecule has 0 radical (unpaired) electrons. The van der Waals surface area contributed by atoms with Gasteiger partial charge in [-0.05, 0) is 37.5 Å². The Labute approximate surface area is 108 Å². The van der Waals surface area contributed by atoms with Crippen LogP contribution in [-0.4, -0.2) is 26.7 Å². The van der Waals surface area contributed by atoms with Gasteiger partial charge in [0.15, 0.2) is 0 Å². The van der Waals surface area contributed by atoms with Crippen molar-refractivity contribution in [3.63, 3.8) is 0 Å². The van der Waals surface area contributed by atoms with E-state index in [1.165, 1.54) is 12.7 Å². The van der Waals surface area contributed by atoms with Crippen molar-refractivity contribution in [2.75, 3.05) is 20.8 Å². The molecule has 0 amide bonds. The lowest BCUT2D eigenvalue weighted by atomic mass is 9.99. The molecular formula is C14H21NO3. The number of hydrogen-bond acceptors (Lipinski definition) is 4. The second-order valence-electron chi connectivity index (χ2n) is 4.33. The van der Waals surface area contributed by atoms with Crippen LogP contribution in [0.1, 0.15) is 22.3 Å². The monoisotopic (exact) mass is 251 g/mol. The van der Waals surface area contributed by atoms with Crippen LogP contribution in [0.4, 0.5) is 0 Å². The average molecular weight is 251 g/mol. The van der Waals surface area contributed by atoms with E-state index in [1.807, 2.05) is 13.8 Å². The first-order valence-electron chi connectivity index (χ1n) is 5.92. The smallest absolute Gasteiger partial charge is 0.319 e. The van der Waals surface area contributed by atoms with Gasteiger partial charge in [-0.2, -0.15) is 0 Å². The molecule has 0 aliphatic heterocycles. The van der Waals surface area contributed by atoms with Crippen molar-refractivity contribution in [2.24, 2.45) is 0 Å². The van der Waals surface area contributed by atoms with E-state index in [0.717, 1.165) is 22.4 Å². The highest BCUT2D eigenvalue weighted by Crippen LogP contribution is 2.29. The quantitative estimate of drug-likeness (QED) is 0.812. The maximum Gasteiger partial charge on any atom is 0.319 e. The van der Waals surface area contributed by atoms with Gasteiger partial charge in [0.1, 0.15) is 5.75 Å². The predicted octanol–water partition coefficient (Wildman–Crippen LogP) is 1.88. The summed E-state index contributed by atoms with van der Waals surface area (Å²) in [5.41, 5.74) is 4.59. The van der Waals surface area contributed by atoms with Gasteiger partial charge in [-0.15, -0.1) is 0 Å². The van der Waals surface area contributed by atoms with Crippen molar-refractivity contribution in [2.45, 2.75) is 27.3 Å². The first kappa shape index (κ1) is 14.5. The van der Waals surface area contributed by atoms with Gasteiger partial charge in [0.25, 0.3) is 0 Å². The van der Waals surface area contributed by atoms with Gasteiger partial charge in [0, 0.05) is 12.1 Å². The minimum absolute atomic E-state index is 0.200. The normalized spacial score (nSPS) is 10.3. The Bertz CT molecular complexity index is 441. The van der Waals surface area contributed by atoms with Crippen molar-refractivity contribution in [1.29, 1.82) is 0 Å². The molecule has 1 aromatic carbocycles. The molecule has 0 aromatic heterocycles. The standard InChI is InChI=1S/C14H21NO3/c1-9-6-10(2)12(14(18-5)11(9)3)7-15-8-13(16)17-4/h6,15H,7-8H2,1-5H3. The number of esters is 1. The molecule has 0 atom stereocenters. The van der Waals surface area contributed by atoms with Crippen LogP contribution >= 0.6 is 0 Å². The van der Waals surface area contributed by atoms with E-state index >= 15 is 0 Å². The fourth-order valence-corrected chi connectivity index (χ4v) is 1.96. The van der Waals surface area contributed by atoms with E-state index in [2.05, 4.69) is 23.0 Å². The summed E-state index contributed by atoms with van der Waals surface area (Å²) in [4.78, 5) is 11.0. The zero-order valence-corrected chi connectivity index (χ0v) is 11.7. The van der Waals surface area contributed by atoms with Crippen LogP contribution in [0.5, 0.6) is 5.75 Å². The lowest BCUT2D eigenvalue weighted by molar-refractivity contribution is -0.139. The van der Waals surface area contributed by atoms with Crippen molar-refractivity contribution < 1.29 is 14.3 Å². The van der Waals surface area contributed by atoms with Gasteiger partial charge in [0.05, 0.1) is 20.8 Å². The van der Waals surface area contributed by atoms with E-state index in [1.54, 1.807) is 7.11 Å². The van der Waals surface area contributed by atoms with Gasteiger partial charge in [-0.25, -0.2) is 0 Å². The number of carbonyl (C=O) groups is 1. The highest BCUT2D eigenvalue weighted by Gasteiger charge is 2.12. The Morgan fingerprint density at radius 3 is 2.44 bits per heavy atom. The number of methoxy groups -OCH3 is 2. The van der Waals surface area contributed by atoms with E-state index < -0.39 is 0 Å². The molecule has 0 aliphatic carbocycles. The predicted molar refractivity (Wildman–Crippen MR) is 70.9 cm³/mol. The van der Waals surface area contributed by atoms with E-state index in [9.17, 15) is 4.79 Å². The van der Waals surface area contributed by atoms with Crippen LogP contribution in [0.15, 0.2) is 6.07 Å². The first-order valence-corrected chi connectivity index (χ1v) is 5.92. The van der Waals surface area contributed by atoms with Crippen LogP contribution in [0.2, 0.25) is 0 Å². The fourth-order valence-electron chi connectivity index (χ4n) is 1.96. The molecule has 0 heterocycles. The maximum absolute atomic E-state index is 11.0. The summed E-state index contributed by atoms with van der Waals surface area (Å²) in [5, 5.41) is 3.06. The van der Waals surface area contributed by atoms with Crippen LogP contribution in [-0.2, 0) is 16.1 Å². The lowest BCUT2D eigenvalue weighted by Crippen LogP contribution is -2.24. The Balaban J connectivity index is 2.88. The van der Waals surface area contributed by atoms with Gasteiger partial charge < -0.3 is 14.8 Å². The molecular weight excluding hydrogens is 230 g/mol. The molecule has 0 saturated heterocycles. The molecule has 4 nitrogen and oxygen atoms in total. The number of aryl methyl sites for hydroxylation is 2. The highest BCUT2D eigenvalue weighted by atomic mass is 16.5. The molecule has 0 saturated carbocycles. The summed E-state index contributed by atoms with van der Waals surface area (Å²) in [5.74, 6) is 0.625. The average Bonchev–Trinajstić information content (AvgIpc) is 2.35. The van der Waals surface area contributed by atoms with Crippen LogP contribution in [0, 0.1) is 20.8 Å². The highest BCUT2D eigenvalue weighted by molar-refractivity contribution is 5.71. The third-order valence-corrected chi connectivity index (χ3v) is 3.12. The molecule has 0 bridgehead atoms. The maximum atomic E-state index is 11.0. The van der Waals surface area contributed by atoms with E-state index in [0.29, 0.717) is 6.54 Å². The molecule has 0 spiro atoms. The van der Waals surface area contributed by atoms with Crippen molar-refractivity contribution in [1.82, 2.24) is 5.32 Å². The second-order valence-corrected chi connectivity index (χ2v) is 4.33. The Hall–Kier alpha value is -1.55. The van der Waals surface area contributed by atoms with Crippen molar-refractivity contribution >= 4 is 5.97 Å². The molecule has 1 rings (SSSR count). The molecule has 0 unspecified atom stereocenters. The zero-order valence-electron chi connectivity index (χ0n) is 11.7. The second kappa shape index (κ2) is 6.40. The Morgan fingerprint density at radius 2 is 1.89 bits per heavy atom. The molecule has 100 valence electrons. The summed E-state index contributed by atoms with van der Waals surface area (Å²) in [6, 6.07) is 2.13. The molecule has 4 heteroatoms. The van der Waals surface area contributed by atoms with Crippen LogP contribution < -0.4 is 10.1 Å². The number of hydrogen-bond donors (Lipinski definition) is 1. The van der Waals surface area contributed by atoms with Crippen LogP contribution in [0.25, 0.3) is 0 Å². The summed E-state index contributed by atoms with van der Waals surface area (Å²) in [7, 11) is 3.05. The third kappa shape index (κ3) is 3.23. The van der Waals surface area contributed by atoms with Gasteiger partial charge in [-0.3, -0.25) is 4.79 Å². The number of benzene rings is 1. The summed E-state index contributed by atoms with van der Waals surface area (Å²) in [6.07, 6.45) is 0. The molecule has 1 aromatic rings. The minimum atomic E-state index is -0.268. The Morgan fingerprint density at radius 1 is 1.22 bits per heavy atom. The Kier molecular flexibility index (Phi) is 5.16. The summed E-state index contributed by atoms with van der Waals surface area (Å²) >= 11 is 0. The van der Waals surface area contributed by atoms with Gasteiger partial charge in [0.2, 0.25) is 0 Å². The van der Waals surface area contributed by atoms with E-state index in [-0.39, 0.29) is 12.5 Å². The molecule has 1 N–H and O–H groups in total. The summed E-state index contributed by atoms with van der Waals surface area (Å²) in [6.45, 7) is 6.94. The zero-order chi connectivity index (χ0) is 13.7. The summed E-state index contributed by atoms with van der Waals surface area (Å²) < 4.78 is 10.1. The number of carbonyl (C=O) groups excluding carboxylic acids is 1. The SMILES string of the molecule is COC(=O)CNCc1c(C)cc(C)c(C)c1OC. The number of nitrogens with one attached hydrogen (secondary N) is 1.